The quantitative estimate of drug-likeness (QED) is 0.881. The molecule has 1 aromatic carbocycles. The van der Waals surface area contributed by atoms with E-state index in [4.69, 9.17) is 10.5 Å². The molecular formula is C13H16BrN3O. The number of rotatable bonds is 4. The second-order valence-corrected chi connectivity index (χ2v) is 5.27. The highest BCUT2D eigenvalue weighted by Crippen LogP contribution is 2.25. The molecule has 5 heteroatoms. The second kappa shape index (κ2) is 5.44. The molecule has 0 aliphatic rings. The van der Waals surface area contributed by atoms with Gasteiger partial charge in [-0.2, -0.15) is 5.10 Å². The van der Waals surface area contributed by atoms with Crippen LogP contribution >= 0.6 is 15.9 Å². The molecule has 96 valence electrons. The predicted molar refractivity (Wildman–Crippen MR) is 75.5 cm³/mol. The van der Waals surface area contributed by atoms with Crippen molar-refractivity contribution in [2.75, 3.05) is 5.73 Å². The molecular weight excluding hydrogens is 294 g/mol. The number of nitrogen functional groups attached to an aromatic ring is 1. The van der Waals surface area contributed by atoms with Gasteiger partial charge in [0, 0.05) is 16.7 Å². The van der Waals surface area contributed by atoms with E-state index in [0.29, 0.717) is 24.1 Å². The van der Waals surface area contributed by atoms with E-state index >= 15 is 0 Å². The minimum Gasteiger partial charge on any atom is -0.485 e. The fourth-order valence-electron chi connectivity index (χ4n) is 1.54. The maximum absolute atomic E-state index is 5.86. The third-order valence-corrected chi connectivity index (χ3v) is 3.03. The lowest BCUT2D eigenvalue weighted by atomic mass is 10.3. The van der Waals surface area contributed by atoms with E-state index in [1.165, 1.54) is 0 Å². The normalized spacial score (nSPS) is 10.9. The highest BCUT2D eigenvalue weighted by Gasteiger charge is 2.05. The molecule has 0 saturated carbocycles. The van der Waals surface area contributed by atoms with E-state index in [0.717, 1.165) is 10.2 Å². The zero-order valence-corrected chi connectivity index (χ0v) is 12.0. The van der Waals surface area contributed by atoms with Crippen molar-refractivity contribution in [3.05, 3.63) is 40.6 Å². The van der Waals surface area contributed by atoms with E-state index < -0.39 is 0 Å². The maximum Gasteiger partial charge on any atom is 0.142 e. The Morgan fingerprint density at radius 1 is 1.39 bits per heavy atom. The molecule has 0 radical (unpaired) electrons. The van der Waals surface area contributed by atoms with Crippen molar-refractivity contribution in [1.82, 2.24) is 9.78 Å². The van der Waals surface area contributed by atoms with Gasteiger partial charge in [-0.15, -0.1) is 0 Å². The van der Waals surface area contributed by atoms with Crippen molar-refractivity contribution >= 4 is 21.6 Å². The number of anilines is 1. The van der Waals surface area contributed by atoms with Crippen molar-refractivity contribution in [1.29, 1.82) is 0 Å². The molecule has 0 spiro atoms. The lowest BCUT2D eigenvalue weighted by Gasteiger charge is -2.08. The van der Waals surface area contributed by atoms with Gasteiger partial charge in [0.15, 0.2) is 0 Å². The Morgan fingerprint density at radius 2 is 2.17 bits per heavy atom. The van der Waals surface area contributed by atoms with E-state index in [1.807, 2.05) is 35.1 Å². The van der Waals surface area contributed by atoms with Crippen LogP contribution in [0.4, 0.5) is 5.69 Å². The standard InChI is InChI=1S/C13H16BrN3O/c1-9(2)17-6-5-11(16-17)8-18-13-4-3-10(14)7-12(13)15/h3-7,9H,8,15H2,1-2H3. The highest BCUT2D eigenvalue weighted by molar-refractivity contribution is 9.10. The third kappa shape index (κ3) is 3.04. The first-order valence-corrected chi connectivity index (χ1v) is 6.57. The first kappa shape index (κ1) is 13.0. The van der Waals surface area contributed by atoms with Crippen LogP contribution in [-0.4, -0.2) is 9.78 Å². The summed E-state index contributed by atoms with van der Waals surface area (Å²) in [6, 6.07) is 7.88. The fraction of sp³-hybridized carbons (Fsp3) is 0.308. The first-order chi connectivity index (χ1) is 8.56. The largest absolute Gasteiger partial charge is 0.485 e. The summed E-state index contributed by atoms with van der Waals surface area (Å²) in [6.07, 6.45) is 1.95. The molecule has 0 bridgehead atoms. The second-order valence-electron chi connectivity index (χ2n) is 4.35. The van der Waals surface area contributed by atoms with Gasteiger partial charge in [-0.25, -0.2) is 0 Å². The van der Waals surface area contributed by atoms with Crippen LogP contribution in [0.15, 0.2) is 34.9 Å². The molecule has 0 fully saturated rings. The molecule has 18 heavy (non-hydrogen) atoms. The molecule has 2 rings (SSSR count). The van der Waals surface area contributed by atoms with Gasteiger partial charge in [0.2, 0.25) is 0 Å². The summed E-state index contributed by atoms with van der Waals surface area (Å²) in [5.41, 5.74) is 7.37. The van der Waals surface area contributed by atoms with Crippen molar-refractivity contribution in [3.63, 3.8) is 0 Å². The van der Waals surface area contributed by atoms with Gasteiger partial charge >= 0.3 is 0 Å². The van der Waals surface area contributed by atoms with Crippen LogP contribution in [-0.2, 0) is 6.61 Å². The fourth-order valence-corrected chi connectivity index (χ4v) is 1.92. The number of ether oxygens (including phenoxy) is 1. The first-order valence-electron chi connectivity index (χ1n) is 5.78. The number of hydrogen-bond donors (Lipinski definition) is 1. The number of aromatic nitrogens is 2. The Bertz CT molecular complexity index is 537. The highest BCUT2D eigenvalue weighted by atomic mass is 79.9. The van der Waals surface area contributed by atoms with Gasteiger partial charge in [0.1, 0.15) is 12.4 Å². The Morgan fingerprint density at radius 3 is 2.78 bits per heavy atom. The van der Waals surface area contributed by atoms with E-state index in [1.54, 1.807) is 0 Å². The van der Waals surface area contributed by atoms with Crippen LogP contribution in [0.3, 0.4) is 0 Å². The molecule has 0 atom stereocenters. The SMILES string of the molecule is CC(C)n1ccc(COc2ccc(Br)cc2N)n1. The minimum absolute atomic E-state index is 0.358. The van der Waals surface area contributed by atoms with Crippen molar-refractivity contribution in [2.24, 2.45) is 0 Å². The zero-order chi connectivity index (χ0) is 13.1. The molecule has 2 aromatic rings. The number of hydrogen-bond acceptors (Lipinski definition) is 3. The van der Waals surface area contributed by atoms with Crippen LogP contribution in [0.1, 0.15) is 25.6 Å². The van der Waals surface area contributed by atoms with E-state index in [9.17, 15) is 0 Å². The zero-order valence-electron chi connectivity index (χ0n) is 10.4. The smallest absolute Gasteiger partial charge is 0.142 e. The maximum atomic E-state index is 5.86. The third-order valence-electron chi connectivity index (χ3n) is 2.54. The van der Waals surface area contributed by atoms with Gasteiger partial charge in [-0.05, 0) is 38.1 Å². The molecule has 4 nitrogen and oxygen atoms in total. The average Bonchev–Trinajstić information content (AvgIpc) is 2.76. The average molecular weight is 310 g/mol. The Labute approximate surface area is 115 Å². The summed E-state index contributed by atoms with van der Waals surface area (Å²) < 4.78 is 8.50. The van der Waals surface area contributed by atoms with E-state index in [-0.39, 0.29) is 0 Å². The summed E-state index contributed by atoms with van der Waals surface area (Å²) in [7, 11) is 0. The summed E-state index contributed by atoms with van der Waals surface area (Å²) >= 11 is 3.36. The van der Waals surface area contributed by atoms with Gasteiger partial charge in [0.05, 0.1) is 11.4 Å². The number of nitrogens with two attached hydrogens (primary N) is 1. The number of benzene rings is 1. The molecule has 0 aliphatic heterocycles. The summed E-state index contributed by atoms with van der Waals surface area (Å²) in [5, 5.41) is 4.41. The van der Waals surface area contributed by atoms with Gasteiger partial charge in [-0.1, -0.05) is 15.9 Å². The molecule has 2 N–H and O–H groups in total. The lowest BCUT2D eigenvalue weighted by molar-refractivity contribution is 0.300. The van der Waals surface area contributed by atoms with Crippen LogP contribution in [0, 0.1) is 0 Å². The van der Waals surface area contributed by atoms with Crippen LogP contribution in [0.2, 0.25) is 0 Å². The van der Waals surface area contributed by atoms with E-state index in [2.05, 4.69) is 34.9 Å². The molecule has 1 aromatic heterocycles. The lowest BCUT2D eigenvalue weighted by Crippen LogP contribution is -2.04. The summed E-state index contributed by atoms with van der Waals surface area (Å²) in [6.45, 7) is 4.60. The monoisotopic (exact) mass is 309 g/mol. The topological polar surface area (TPSA) is 53.1 Å². The molecule has 0 saturated heterocycles. The van der Waals surface area contributed by atoms with Crippen LogP contribution < -0.4 is 10.5 Å². The molecule has 0 aliphatic carbocycles. The van der Waals surface area contributed by atoms with Crippen LogP contribution in [0.25, 0.3) is 0 Å². The Hall–Kier alpha value is -1.49. The molecule has 0 unspecified atom stereocenters. The van der Waals surface area contributed by atoms with Gasteiger partial charge in [0.25, 0.3) is 0 Å². The van der Waals surface area contributed by atoms with Crippen molar-refractivity contribution < 1.29 is 4.74 Å². The number of halogens is 1. The number of nitrogens with zero attached hydrogens (tertiary/aromatic N) is 2. The molecule has 1 heterocycles. The van der Waals surface area contributed by atoms with Crippen LogP contribution in [0.5, 0.6) is 5.75 Å². The van der Waals surface area contributed by atoms with Crippen molar-refractivity contribution in [3.8, 4) is 5.75 Å². The summed E-state index contributed by atoms with van der Waals surface area (Å²) in [5.74, 6) is 0.678. The van der Waals surface area contributed by atoms with Gasteiger partial charge in [-0.3, -0.25) is 4.68 Å². The summed E-state index contributed by atoms with van der Waals surface area (Å²) in [4.78, 5) is 0. The molecule has 0 amide bonds. The van der Waals surface area contributed by atoms with Gasteiger partial charge < -0.3 is 10.5 Å². The predicted octanol–water partition coefficient (Wildman–Crippen LogP) is 3.39. The Balaban J connectivity index is 2.02. The van der Waals surface area contributed by atoms with Crippen molar-refractivity contribution in [2.45, 2.75) is 26.5 Å². The minimum atomic E-state index is 0.358. The Kier molecular flexibility index (Phi) is 3.91.